The molecule has 5 heteroatoms. The highest BCUT2D eigenvalue weighted by Crippen LogP contribution is 2.32. The van der Waals surface area contributed by atoms with Crippen LogP contribution in [0.3, 0.4) is 0 Å². The summed E-state index contributed by atoms with van der Waals surface area (Å²) < 4.78 is 10.6. The number of carboxylic acids is 1. The van der Waals surface area contributed by atoms with Crippen LogP contribution in [0, 0.1) is 0 Å². The summed E-state index contributed by atoms with van der Waals surface area (Å²) in [6, 6.07) is 5.65. The monoisotopic (exact) mass is 281 g/mol. The summed E-state index contributed by atoms with van der Waals surface area (Å²) in [4.78, 5) is 12.8. The Kier molecular flexibility index (Phi) is 6.70. The minimum Gasteiger partial charge on any atom is -0.497 e. The topological polar surface area (TPSA) is 59.0 Å². The van der Waals surface area contributed by atoms with Crippen LogP contribution in [0.2, 0.25) is 0 Å². The van der Waals surface area contributed by atoms with E-state index in [1.165, 1.54) is 0 Å². The van der Waals surface area contributed by atoms with Gasteiger partial charge in [-0.15, -0.1) is 0 Å². The molecular formula is C15H23NO4. The van der Waals surface area contributed by atoms with Crippen molar-refractivity contribution in [1.29, 1.82) is 0 Å². The molecule has 0 atom stereocenters. The zero-order chi connectivity index (χ0) is 15.0. The molecule has 0 aliphatic heterocycles. The number of hydrogen-bond acceptors (Lipinski definition) is 4. The highest BCUT2D eigenvalue weighted by atomic mass is 16.5. The SMILES string of the molecule is CCCN(CCCC(=O)O)c1cc(OC)ccc1OC. The molecule has 0 aliphatic carbocycles. The van der Waals surface area contributed by atoms with Crippen LogP contribution in [0.1, 0.15) is 26.2 Å². The summed E-state index contributed by atoms with van der Waals surface area (Å²) in [5.41, 5.74) is 0.944. The minimum atomic E-state index is -0.765. The van der Waals surface area contributed by atoms with E-state index < -0.39 is 5.97 Å². The fourth-order valence-electron chi connectivity index (χ4n) is 2.09. The molecular weight excluding hydrogens is 258 g/mol. The van der Waals surface area contributed by atoms with Gasteiger partial charge in [0.25, 0.3) is 0 Å². The molecule has 112 valence electrons. The Morgan fingerprint density at radius 3 is 2.55 bits per heavy atom. The van der Waals surface area contributed by atoms with Crippen LogP contribution in [0.5, 0.6) is 11.5 Å². The number of anilines is 1. The molecule has 0 amide bonds. The zero-order valence-corrected chi connectivity index (χ0v) is 12.4. The van der Waals surface area contributed by atoms with Crippen molar-refractivity contribution >= 4 is 11.7 Å². The first-order valence-corrected chi connectivity index (χ1v) is 6.81. The van der Waals surface area contributed by atoms with Gasteiger partial charge in [0.1, 0.15) is 11.5 Å². The van der Waals surface area contributed by atoms with Gasteiger partial charge in [0.2, 0.25) is 0 Å². The van der Waals surface area contributed by atoms with Crippen molar-refractivity contribution in [2.75, 3.05) is 32.2 Å². The van der Waals surface area contributed by atoms with Gasteiger partial charge >= 0.3 is 5.97 Å². The number of hydrogen-bond donors (Lipinski definition) is 1. The van der Waals surface area contributed by atoms with Gasteiger partial charge in [-0.1, -0.05) is 6.92 Å². The lowest BCUT2D eigenvalue weighted by molar-refractivity contribution is -0.137. The molecule has 1 aromatic carbocycles. The summed E-state index contributed by atoms with van der Waals surface area (Å²) >= 11 is 0. The molecule has 1 N–H and O–H groups in total. The molecule has 0 saturated carbocycles. The fourth-order valence-corrected chi connectivity index (χ4v) is 2.09. The van der Waals surface area contributed by atoms with Gasteiger partial charge in [-0.25, -0.2) is 0 Å². The van der Waals surface area contributed by atoms with Gasteiger partial charge in [0, 0.05) is 25.6 Å². The normalized spacial score (nSPS) is 10.2. The van der Waals surface area contributed by atoms with E-state index in [9.17, 15) is 4.79 Å². The third kappa shape index (κ3) is 4.64. The first kappa shape index (κ1) is 16.1. The van der Waals surface area contributed by atoms with Crippen LogP contribution in [-0.4, -0.2) is 38.4 Å². The maximum Gasteiger partial charge on any atom is 0.303 e. The number of ether oxygens (including phenoxy) is 2. The van der Waals surface area contributed by atoms with E-state index in [1.807, 2.05) is 18.2 Å². The summed E-state index contributed by atoms with van der Waals surface area (Å²) in [6.45, 7) is 3.63. The van der Waals surface area contributed by atoms with Gasteiger partial charge < -0.3 is 19.5 Å². The van der Waals surface area contributed by atoms with Gasteiger partial charge in [0.05, 0.1) is 19.9 Å². The van der Waals surface area contributed by atoms with Crippen molar-refractivity contribution in [2.24, 2.45) is 0 Å². The van der Waals surface area contributed by atoms with Gasteiger partial charge in [0.15, 0.2) is 0 Å². The summed E-state index contributed by atoms with van der Waals surface area (Å²) in [6.07, 6.45) is 1.76. The first-order chi connectivity index (χ1) is 9.62. The van der Waals surface area contributed by atoms with Crippen molar-refractivity contribution in [3.63, 3.8) is 0 Å². The lowest BCUT2D eigenvalue weighted by Gasteiger charge is -2.26. The lowest BCUT2D eigenvalue weighted by Crippen LogP contribution is -2.26. The van der Waals surface area contributed by atoms with Gasteiger partial charge in [-0.2, -0.15) is 0 Å². The van der Waals surface area contributed by atoms with Crippen molar-refractivity contribution in [3.8, 4) is 11.5 Å². The molecule has 0 saturated heterocycles. The van der Waals surface area contributed by atoms with Crippen LogP contribution < -0.4 is 14.4 Å². The Hall–Kier alpha value is -1.91. The van der Waals surface area contributed by atoms with E-state index in [-0.39, 0.29) is 6.42 Å². The highest BCUT2D eigenvalue weighted by Gasteiger charge is 2.13. The van der Waals surface area contributed by atoms with Crippen LogP contribution in [0.25, 0.3) is 0 Å². The zero-order valence-electron chi connectivity index (χ0n) is 12.4. The van der Waals surface area contributed by atoms with Crippen molar-refractivity contribution < 1.29 is 19.4 Å². The van der Waals surface area contributed by atoms with E-state index in [4.69, 9.17) is 14.6 Å². The summed E-state index contributed by atoms with van der Waals surface area (Å²) in [5.74, 6) is 0.772. The van der Waals surface area contributed by atoms with Gasteiger partial charge in [-0.3, -0.25) is 4.79 Å². The highest BCUT2D eigenvalue weighted by molar-refractivity contribution is 5.67. The third-order valence-electron chi connectivity index (χ3n) is 3.04. The maximum atomic E-state index is 10.6. The van der Waals surface area contributed by atoms with Crippen LogP contribution >= 0.6 is 0 Å². The number of methoxy groups -OCH3 is 2. The molecule has 1 rings (SSSR count). The van der Waals surface area contributed by atoms with Crippen LogP contribution in [0.15, 0.2) is 18.2 Å². The number of carbonyl (C=O) groups is 1. The molecule has 0 radical (unpaired) electrons. The van der Waals surface area contributed by atoms with E-state index in [0.717, 1.165) is 30.2 Å². The molecule has 1 aromatic rings. The largest absolute Gasteiger partial charge is 0.497 e. The molecule has 20 heavy (non-hydrogen) atoms. The third-order valence-corrected chi connectivity index (χ3v) is 3.04. The Balaban J connectivity index is 2.90. The molecule has 0 bridgehead atoms. The molecule has 0 aliphatic rings. The van der Waals surface area contributed by atoms with E-state index in [2.05, 4.69) is 11.8 Å². The maximum absolute atomic E-state index is 10.6. The molecule has 5 nitrogen and oxygen atoms in total. The predicted molar refractivity (Wildman–Crippen MR) is 78.9 cm³/mol. The Labute approximate surface area is 120 Å². The molecule has 0 spiro atoms. The van der Waals surface area contributed by atoms with Crippen LogP contribution in [0.4, 0.5) is 5.69 Å². The number of nitrogens with zero attached hydrogens (tertiary/aromatic N) is 1. The Morgan fingerprint density at radius 1 is 1.25 bits per heavy atom. The van der Waals surface area contributed by atoms with Crippen molar-refractivity contribution in [3.05, 3.63) is 18.2 Å². The number of aliphatic carboxylic acids is 1. The van der Waals surface area contributed by atoms with E-state index in [1.54, 1.807) is 14.2 Å². The Bertz CT molecular complexity index is 434. The van der Waals surface area contributed by atoms with Crippen molar-refractivity contribution in [2.45, 2.75) is 26.2 Å². The van der Waals surface area contributed by atoms with Gasteiger partial charge in [-0.05, 0) is 25.0 Å². The average Bonchev–Trinajstić information content (AvgIpc) is 2.45. The average molecular weight is 281 g/mol. The van der Waals surface area contributed by atoms with E-state index in [0.29, 0.717) is 13.0 Å². The second kappa shape index (κ2) is 8.30. The number of rotatable bonds is 9. The molecule has 0 aromatic heterocycles. The smallest absolute Gasteiger partial charge is 0.303 e. The number of benzene rings is 1. The summed E-state index contributed by atoms with van der Waals surface area (Å²) in [7, 11) is 3.26. The lowest BCUT2D eigenvalue weighted by atomic mass is 10.2. The quantitative estimate of drug-likeness (QED) is 0.754. The first-order valence-electron chi connectivity index (χ1n) is 6.81. The van der Waals surface area contributed by atoms with E-state index >= 15 is 0 Å². The number of carboxylic acid groups (broad SMARTS) is 1. The Morgan fingerprint density at radius 2 is 2.00 bits per heavy atom. The second-order valence-electron chi connectivity index (χ2n) is 4.52. The van der Waals surface area contributed by atoms with Crippen LogP contribution in [-0.2, 0) is 4.79 Å². The molecule has 0 unspecified atom stereocenters. The predicted octanol–water partition coefficient (Wildman–Crippen LogP) is 2.79. The molecule has 0 fully saturated rings. The fraction of sp³-hybridized carbons (Fsp3) is 0.533. The standard InChI is InChI=1S/C15H23NO4/c1-4-9-16(10-5-6-15(17)18)13-11-12(19-2)7-8-14(13)20-3/h7-8,11H,4-6,9-10H2,1-3H3,(H,17,18). The van der Waals surface area contributed by atoms with Crippen molar-refractivity contribution in [1.82, 2.24) is 0 Å². The second-order valence-corrected chi connectivity index (χ2v) is 4.52. The summed E-state index contributed by atoms with van der Waals surface area (Å²) in [5, 5.41) is 8.75. The minimum absolute atomic E-state index is 0.173. The molecule has 0 heterocycles.